The van der Waals surface area contributed by atoms with E-state index in [0.29, 0.717) is 19.6 Å². The molecule has 6 nitrogen and oxygen atoms in total. The van der Waals surface area contributed by atoms with Gasteiger partial charge < -0.3 is 20.2 Å². The van der Waals surface area contributed by atoms with Gasteiger partial charge in [0.05, 0.1) is 13.2 Å². The summed E-state index contributed by atoms with van der Waals surface area (Å²) in [5.41, 5.74) is 4.24. The molecule has 2 aromatic carbocycles. The quantitative estimate of drug-likeness (QED) is 0.872. The van der Waals surface area contributed by atoms with Crippen molar-refractivity contribution in [2.45, 2.75) is 18.9 Å². The van der Waals surface area contributed by atoms with Crippen molar-refractivity contribution in [3.63, 3.8) is 0 Å². The van der Waals surface area contributed by atoms with E-state index in [1.807, 2.05) is 42.5 Å². The molecule has 4 rings (SSSR count). The van der Waals surface area contributed by atoms with Gasteiger partial charge in [0, 0.05) is 31.2 Å². The lowest BCUT2D eigenvalue weighted by molar-refractivity contribution is -0.117. The zero-order valence-electron chi connectivity index (χ0n) is 15.1. The van der Waals surface area contributed by atoms with Gasteiger partial charge in [0.25, 0.3) is 0 Å². The number of urea groups is 1. The van der Waals surface area contributed by atoms with Gasteiger partial charge in [-0.05, 0) is 29.2 Å². The molecular weight excluding hydrogens is 342 g/mol. The molecule has 140 valence electrons. The van der Waals surface area contributed by atoms with Crippen molar-refractivity contribution in [1.29, 1.82) is 0 Å². The molecule has 27 heavy (non-hydrogen) atoms. The van der Waals surface area contributed by atoms with E-state index in [9.17, 15) is 14.7 Å². The number of aliphatic hydroxyl groups excluding tert-OH is 1. The molecule has 0 saturated heterocycles. The van der Waals surface area contributed by atoms with Crippen LogP contribution in [0, 0.1) is 0 Å². The average Bonchev–Trinajstić information content (AvgIpc) is 3.10. The standard InChI is InChI=1S/C21H23N3O3/c25-14-17-13-24(19-8-4-3-7-18(17)19)20(26)11-22-21(27)23-10-9-15-5-1-2-6-16(15)12-23/h1-8,17,25H,9-14H2,(H,22,27). The van der Waals surface area contributed by atoms with Gasteiger partial charge in [-0.3, -0.25) is 4.79 Å². The van der Waals surface area contributed by atoms with Gasteiger partial charge in [0.1, 0.15) is 0 Å². The van der Waals surface area contributed by atoms with E-state index in [1.165, 1.54) is 5.56 Å². The van der Waals surface area contributed by atoms with Crippen molar-refractivity contribution in [2.24, 2.45) is 0 Å². The predicted molar refractivity (Wildman–Crippen MR) is 103 cm³/mol. The second kappa shape index (κ2) is 7.40. The molecule has 2 heterocycles. The molecule has 2 aliphatic heterocycles. The zero-order valence-corrected chi connectivity index (χ0v) is 15.1. The molecule has 0 fully saturated rings. The summed E-state index contributed by atoms with van der Waals surface area (Å²) < 4.78 is 0. The highest BCUT2D eigenvalue weighted by Gasteiger charge is 2.31. The number of amides is 3. The van der Waals surface area contributed by atoms with Gasteiger partial charge in [-0.25, -0.2) is 4.79 Å². The van der Waals surface area contributed by atoms with Crippen LogP contribution in [0.1, 0.15) is 22.6 Å². The summed E-state index contributed by atoms with van der Waals surface area (Å²) >= 11 is 0. The average molecular weight is 365 g/mol. The SMILES string of the molecule is O=C(NCC(=O)N1CC(CO)c2ccccc21)N1CCc2ccccc2C1. The van der Waals surface area contributed by atoms with E-state index < -0.39 is 0 Å². The van der Waals surface area contributed by atoms with Crippen LogP contribution in [0.2, 0.25) is 0 Å². The van der Waals surface area contributed by atoms with Crippen LogP contribution in [-0.4, -0.2) is 48.2 Å². The van der Waals surface area contributed by atoms with Gasteiger partial charge in [-0.15, -0.1) is 0 Å². The fraction of sp³-hybridized carbons (Fsp3) is 0.333. The normalized spacial score (nSPS) is 18.0. The van der Waals surface area contributed by atoms with Crippen LogP contribution >= 0.6 is 0 Å². The smallest absolute Gasteiger partial charge is 0.318 e. The van der Waals surface area contributed by atoms with E-state index in [1.54, 1.807) is 9.80 Å². The number of carbonyl (C=O) groups is 2. The highest BCUT2D eigenvalue weighted by atomic mass is 16.3. The Kier molecular flexibility index (Phi) is 4.81. The molecule has 3 amide bonds. The maximum Gasteiger partial charge on any atom is 0.318 e. The summed E-state index contributed by atoms with van der Waals surface area (Å²) in [7, 11) is 0. The molecule has 1 atom stereocenters. The number of fused-ring (bicyclic) bond motifs is 2. The van der Waals surface area contributed by atoms with Crippen molar-refractivity contribution in [1.82, 2.24) is 10.2 Å². The third-order valence-electron chi connectivity index (χ3n) is 5.40. The second-order valence-corrected chi connectivity index (χ2v) is 7.04. The predicted octanol–water partition coefficient (Wildman–Crippen LogP) is 1.88. The third-order valence-corrected chi connectivity index (χ3v) is 5.40. The zero-order chi connectivity index (χ0) is 18.8. The molecule has 2 aliphatic rings. The number of carbonyl (C=O) groups excluding carboxylic acids is 2. The molecule has 2 aromatic rings. The van der Waals surface area contributed by atoms with Gasteiger partial charge in [0.2, 0.25) is 5.91 Å². The van der Waals surface area contributed by atoms with Crippen LogP contribution in [0.3, 0.4) is 0 Å². The molecule has 2 N–H and O–H groups in total. The molecule has 0 radical (unpaired) electrons. The van der Waals surface area contributed by atoms with Crippen LogP contribution in [0.5, 0.6) is 0 Å². The number of hydrogen-bond donors (Lipinski definition) is 2. The minimum absolute atomic E-state index is 0.000337. The maximum atomic E-state index is 12.7. The number of nitrogens with one attached hydrogen (secondary N) is 1. The summed E-state index contributed by atoms with van der Waals surface area (Å²) in [4.78, 5) is 28.6. The number of para-hydroxylation sites is 1. The van der Waals surface area contributed by atoms with Gasteiger partial charge in [-0.2, -0.15) is 0 Å². The fourth-order valence-corrected chi connectivity index (χ4v) is 3.92. The molecule has 6 heteroatoms. The Morgan fingerprint density at radius 1 is 1.07 bits per heavy atom. The molecule has 0 aliphatic carbocycles. The molecular formula is C21H23N3O3. The summed E-state index contributed by atoms with van der Waals surface area (Å²) in [6.45, 7) is 1.61. The summed E-state index contributed by atoms with van der Waals surface area (Å²) in [5, 5.41) is 12.3. The van der Waals surface area contributed by atoms with Crippen molar-refractivity contribution in [3.05, 3.63) is 65.2 Å². The molecule has 0 saturated carbocycles. The fourth-order valence-electron chi connectivity index (χ4n) is 3.92. The lowest BCUT2D eigenvalue weighted by Crippen LogP contribution is -2.47. The minimum Gasteiger partial charge on any atom is -0.396 e. The highest BCUT2D eigenvalue weighted by molar-refractivity contribution is 5.98. The number of aliphatic hydroxyl groups is 1. The summed E-state index contributed by atoms with van der Waals surface area (Å²) in [6.07, 6.45) is 0.829. The van der Waals surface area contributed by atoms with Crippen LogP contribution in [-0.2, 0) is 17.8 Å². The van der Waals surface area contributed by atoms with Crippen molar-refractivity contribution >= 4 is 17.6 Å². The molecule has 1 unspecified atom stereocenters. The van der Waals surface area contributed by atoms with E-state index in [-0.39, 0.29) is 31.0 Å². The Bertz CT molecular complexity index is 867. The van der Waals surface area contributed by atoms with Gasteiger partial charge in [-0.1, -0.05) is 42.5 Å². The van der Waals surface area contributed by atoms with Crippen LogP contribution < -0.4 is 10.2 Å². The Balaban J connectivity index is 1.37. The molecule has 0 bridgehead atoms. The Labute approximate surface area is 158 Å². The largest absolute Gasteiger partial charge is 0.396 e. The van der Waals surface area contributed by atoms with E-state index >= 15 is 0 Å². The van der Waals surface area contributed by atoms with Crippen molar-refractivity contribution < 1.29 is 14.7 Å². The Hall–Kier alpha value is -2.86. The topological polar surface area (TPSA) is 72.9 Å². The maximum absolute atomic E-state index is 12.7. The highest BCUT2D eigenvalue weighted by Crippen LogP contribution is 2.35. The molecule has 0 spiro atoms. The van der Waals surface area contributed by atoms with Crippen LogP contribution in [0.4, 0.5) is 10.5 Å². The third kappa shape index (κ3) is 3.40. The van der Waals surface area contributed by atoms with Gasteiger partial charge in [0.15, 0.2) is 0 Å². The van der Waals surface area contributed by atoms with Crippen LogP contribution in [0.25, 0.3) is 0 Å². The first-order valence-electron chi connectivity index (χ1n) is 9.27. The van der Waals surface area contributed by atoms with Gasteiger partial charge >= 0.3 is 6.03 Å². The van der Waals surface area contributed by atoms with Crippen molar-refractivity contribution in [2.75, 3.05) is 31.1 Å². The lowest BCUT2D eigenvalue weighted by atomic mass is 10.0. The number of anilines is 1. The molecule has 0 aromatic heterocycles. The number of nitrogens with zero attached hydrogens (tertiary/aromatic N) is 2. The van der Waals surface area contributed by atoms with E-state index in [0.717, 1.165) is 23.2 Å². The first-order valence-corrected chi connectivity index (χ1v) is 9.27. The summed E-state index contributed by atoms with van der Waals surface area (Å²) in [6, 6.07) is 15.5. The lowest BCUT2D eigenvalue weighted by Gasteiger charge is -2.29. The first kappa shape index (κ1) is 17.5. The van der Waals surface area contributed by atoms with E-state index in [4.69, 9.17) is 0 Å². The summed E-state index contributed by atoms with van der Waals surface area (Å²) in [5.74, 6) is -0.233. The Morgan fingerprint density at radius 3 is 2.63 bits per heavy atom. The minimum atomic E-state index is -0.218. The number of benzene rings is 2. The second-order valence-electron chi connectivity index (χ2n) is 7.04. The Morgan fingerprint density at radius 2 is 1.81 bits per heavy atom. The number of rotatable bonds is 3. The monoisotopic (exact) mass is 365 g/mol. The van der Waals surface area contributed by atoms with E-state index in [2.05, 4.69) is 11.4 Å². The number of hydrogen-bond acceptors (Lipinski definition) is 3. The van der Waals surface area contributed by atoms with Crippen LogP contribution in [0.15, 0.2) is 48.5 Å². The first-order chi connectivity index (χ1) is 13.2. The van der Waals surface area contributed by atoms with Crippen molar-refractivity contribution in [3.8, 4) is 0 Å².